The van der Waals surface area contributed by atoms with E-state index in [1.807, 2.05) is 29.9 Å². The number of thiazole rings is 1. The van der Waals surface area contributed by atoms with Gasteiger partial charge in [-0.15, -0.1) is 11.3 Å². The van der Waals surface area contributed by atoms with Gasteiger partial charge in [0.15, 0.2) is 0 Å². The van der Waals surface area contributed by atoms with E-state index >= 15 is 0 Å². The van der Waals surface area contributed by atoms with Crippen LogP contribution in [0, 0.1) is 12.8 Å². The number of hydrogen-bond donors (Lipinski definition) is 1. The van der Waals surface area contributed by atoms with E-state index in [1.54, 1.807) is 22.7 Å². The van der Waals surface area contributed by atoms with Crippen LogP contribution in [0.5, 0.6) is 0 Å². The second-order valence-electron chi connectivity index (χ2n) is 5.94. The van der Waals surface area contributed by atoms with Crippen LogP contribution in [0.4, 0.5) is 0 Å². The zero-order chi connectivity index (χ0) is 15.5. The summed E-state index contributed by atoms with van der Waals surface area (Å²) >= 11 is 3.33. The minimum Gasteiger partial charge on any atom is -0.349 e. The van der Waals surface area contributed by atoms with E-state index in [0.717, 1.165) is 36.6 Å². The summed E-state index contributed by atoms with van der Waals surface area (Å²) in [6.07, 6.45) is 2.99. The van der Waals surface area contributed by atoms with E-state index in [4.69, 9.17) is 0 Å². The lowest BCUT2D eigenvalue weighted by Gasteiger charge is -2.37. The Labute approximate surface area is 139 Å². The average molecular weight is 335 g/mol. The second kappa shape index (κ2) is 6.89. The molecule has 2 aromatic rings. The number of piperidine rings is 1. The molecule has 0 saturated carbocycles. The molecule has 0 aliphatic carbocycles. The zero-order valence-corrected chi connectivity index (χ0v) is 14.5. The fraction of sp³-hybridized carbons (Fsp3) is 0.500. The standard InChI is InChI=1S/C16H21N3OS2/c1-11-8-19(9-14-7-17-12(2)22-14)5-3-15(11)18-16(20)13-4-6-21-10-13/h4,6-7,10-11,15H,3,5,8-9H2,1-2H3,(H,18,20)/t11-,15+/m0/s1. The maximum atomic E-state index is 12.2. The van der Waals surface area contributed by atoms with Gasteiger partial charge in [0.1, 0.15) is 0 Å². The number of aromatic nitrogens is 1. The van der Waals surface area contributed by atoms with E-state index < -0.39 is 0 Å². The molecule has 1 saturated heterocycles. The molecule has 1 N–H and O–H groups in total. The predicted molar refractivity (Wildman–Crippen MR) is 91.5 cm³/mol. The van der Waals surface area contributed by atoms with Crippen LogP contribution in [0.15, 0.2) is 23.0 Å². The quantitative estimate of drug-likeness (QED) is 0.933. The Bertz CT molecular complexity index is 623. The van der Waals surface area contributed by atoms with Gasteiger partial charge in [-0.25, -0.2) is 4.98 Å². The number of aryl methyl sites for hydroxylation is 1. The van der Waals surface area contributed by atoms with Gasteiger partial charge in [-0.3, -0.25) is 9.69 Å². The van der Waals surface area contributed by atoms with Gasteiger partial charge in [0.25, 0.3) is 5.91 Å². The summed E-state index contributed by atoms with van der Waals surface area (Å²) in [7, 11) is 0. The maximum absolute atomic E-state index is 12.2. The minimum absolute atomic E-state index is 0.0598. The molecule has 6 heteroatoms. The minimum atomic E-state index is 0.0598. The van der Waals surface area contributed by atoms with Crippen molar-refractivity contribution in [1.82, 2.24) is 15.2 Å². The normalized spacial score (nSPS) is 22.6. The van der Waals surface area contributed by atoms with E-state index in [2.05, 4.69) is 22.1 Å². The first-order valence-corrected chi connectivity index (χ1v) is 9.34. The monoisotopic (exact) mass is 335 g/mol. The topological polar surface area (TPSA) is 45.2 Å². The smallest absolute Gasteiger partial charge is 0.252 e. The van der Waals surface area contributed by atoms with Crippen LogP contribution in [-0.2, 0) is 6.54 Å². The lowest BCUT2D eigenvalue weighted by Crippen LogP contribution is -2.49. The van der Waals surface area contributed by atoms with Crippen LogP contribution in [0.25, 0.3) is 0 Å². The van der Waals surface area contributed by atoms with Crippen molar-refractivity contribution in [1.29, 1.82) is 0 Å². The molecule has 0 spiro atoms. The molecule has 2 atom stereocenters. The van der Waals surface area contributed by atoms with Gasteiger partial charge in [-0.2, -0.15) is 11.3 Å². The highest BCUT2D eigenvalue weighted by atomic mass is 32.1. The molecule has 1 amide bonds. The lowest BCUT2D eigenvalue weighted by molar-refractivity contribution is 0.0862. The van der Waals surface area contributed by atoms with E-state index in [-0.39, 0.29) is 11.9 Å². The number of nitrogens with one attached hydrogen (secondary N) is 1. The molecule has 118 valence electrons. The van der Waals surface area contributed by atoms with Gasteiger partial charge in [0.05, 0.1) is 5.01 Å². The molecule has 0 unspecified atom stereocenters. The van der Waals surface area contributed by atoms with Gasteiger partial charge < -0.3 is 5.32 Å². The molecule has 0 aromatic carbocycles. The highest BCUT2D eigenvalue weighted by Crippen LogP contribution is 2.21. The van der Waals surface area contributed by atoms with Gasteiger partial charge in [0, 0.05) is 47.7 Å². The largest absolute Gasteiger partial charge is 0.349 e. The number of nitrogens with zero attached hydrogens (tertiary/aromatic N) is 2. The van der Waals surface area contributed by atoms with Gasteiger partial charge in [-0.1, -0.05) is 6.92 Å². The Kier molecular flexibility index (Phi) is 4.90. The van der Waals surface area contributed by atoms with Crippen molar-refractivity contribution in [2.45, 2.75) is 32.9 Å². The Morgan fingerprint density at radius 3 is 3.05 bits per heavy atom. The van der Waals surface area contributed by atoms with Crippen molar-refractivity contribution in [3.63, 3.8) is 0 Å². The highest BCUT2D eigenvalue weighted by molar-refractivity contribution is 7.11. The van der Waals surface area contributed by atoms with Crippen molar-refractivity contribution >= 4 is 28.6 Å². The molecule has 1 fully saturated rings. The molecular weight excluding hydrogens is 314 g/mol. The number of carbonyl (C=O) groups is 1. The molecule has 3 heterocycles. The molecule has 0 bridgehead atoms. The average Bonchev–Trinajstić information content (AvgIpc) is 3.13. The van der Waals surface area contributed by atoms with E-state index in [1.165, 1.54) is 4.88 Å². The summed E-state index contributed by atoms with van der Waals surface area (Å²) in [5.41, 5.74) is 0.778. The third-order valence-corrected chi connectivity index (χ3v) is 5.72. The van der Waals surface area contributed by atoms with Gasteiger partial charge in [-0.05, 0) is 30.7 Å². The molecule has 3 rings (SSSR count). The number of amides is 1. The third-order valence-electron chi connectivity index (χ3n) is 4.14. The first-order valence-electron chi connectivity index (χ1n) is 7.58. The summed E-state index contributed by atoms with van der Waals surface area (Å²) < 4.78 is 0. The van der Waals surface area contributed by atoms with Crippen LogP contribution in [0.1, 0.15) is 33.6 Å². The zero-order valence-electron chi connectivity index (χ0n) is 12.9. The Morgan fingerprint density at radius 2 is 2.41 bits per heavy atom. The second-order valence-corrected chi connectivity index (χ2v) is 8.04. The molecule has 1 aliphatic heterocycles. The molecule has 0 radical (unpaired) electrons. The Hall–Kier alpha value is -1.24. The molecule has 4 nitrogen and oxygen atoms in total. The maximum Gasteiger partial charge on any atom is 0.252 e. The summed E-state index contributed by atoms with van der Waals surface area (Å²) in [4.78, 5) is 20.3. The molecular formula is C16H21N3OS2. The number of rotatable bonds is 4. The first-order chi connectivity index (χ1) is 10.6. The van der Waals surface area contributed by atoms with E-state index in [9.17, 15) is 4.79 Å². The SMILES string of the molecule is Cc1ncc(CN2CC[C@@H](NC(=O)c3ccsc3)[C@@H](C)C2)s1. The molecule has 2 aromatic heterocycles. The Morgan fingerprint density at radius 1 is 1.55 bits per heavy atom. The lowest BCUT2D eigenvalue weighted by atomic mass is 9.93. The third kappa shape index (κ3) is 3.74. The summed E-state index contributed by atoms with van der Waals surface area (Å²) in [6.45, 7) is 7.29. The van der Waals surface area contributed by atoms with Crippen molar-refractivity contribution in [2.24, 2.45) is 5.92 Å². The Balaban J connectivity index is 1.52. The first kappa shape index (κ1) is 15.6. The number of carbonyl (C=O) groups excluding carboxylic acids is 1. The van der Waals surface area contributed by atoms with E-state index in [0.29, 0.717) is 5.92 Å². The van der Waals surface area contributed by atoms with Crippen LogP contribution in [-0.4, -0.2) is 34.9 Å². The summed E-state index contributed by atoms with van der Waals surface area (Å²) in [5, 5.41) is 8.16. The fourth-order valence-corrected chi connectivity index (χ4v) is 4.41. The summed E-state index contributed by atoms with van der Waals surface area (Å²) in [6, 6.07) is 2.15. The van der Waals surface area contributed by atoms with Crippen molar-refractivity contribution < 1.29 is 4.79 Å². The molecule has 22 heavy (non-hydrogen) atoms. The van der Waals surface area contributed by atoms with Crippen LogP contribution in [0.3, 0.4) is 0 Å². The highest BCUT2D eigenvalue weighted by Gasteiger charge is 2.27. The number of hydrogen-bond acceptors (Lipinski definition) is 5. The summed E-state index contributed by atoms with van der Waals surface area (Å²) in [5.74, 6) is 0.523. The predicted octanol–water partition coefficient (Wildman–Crippen LogP) is 3.15. The number of likely N-dealkylation sites (tertiary alicyclic amines) is 1. The van der Waals surface area contributed by atoms with Gasteiger partial charge >= 0.3 is 0 Å². The van der Waals surface area contributed by atoms with Crippen molar-refractivity contribution in [3.05, 3.63) is 38.5 Å². The van der Waals surface area contributed by atoms with Crippen LogP contribution >= 0.6 is 22.7 Å². The number of thiophene rings is 1. The van der Waals surface area contributed by atoms with Crippen molar-refractivity contribution in [3.8, 4) is 0 Å². The van der Waals surface area contributed by atoms with Crippen LogP contribution < -0.4 is 5.32 Å². The van der Waals surface area contributed by atoms with Crippen molar-refractivity contribution in [2.75, 3.05) is 13.1 Å². The molecule has 1 aliphatic rings. The van der Waals surface area contributed by atoms with Gasteiger partial charge in [0.2, 0.25) is 0 Å². The van der Waals surface area contributed by atoms with Crippen LogP contribution in [0.2, 0.25) is 0 Å². The fourth-order valence-electron chi connectivity index (χ4n) is 2.93.